The molecule has 0 rings (SSSR count). The molecular formula is C17H30O8. The zero-order valence-electron chi connectivity index (χ0n) is 15.4. The molecular weight excluding hydrogens is 332 g/mol. The van der Waals surface area contributed by atoms with Crippen LogP contribution >= 0.6 is 0 Å². The predicted molar refractivity (Wildman–Crippen MR) is 88.9 cm³/mol. The first kappa shape index (κ1) is 23.5. The highest BCUT2D eigenvalue weighted by Gasteiger charge is 2.45. The number of hydrogen-bond donors (Lipinski definition) is 1. The number of aliphatic carboxylic acids is 1. The number of carboxylic acids is 1. The third-order valence-corrected chi connectivity index (χ3v) is 3.19. The van der Waals surface area contributed by atoms with E-state index in [-0.39, 0.29) is 19.8 Å². The second-order valence-electron chi connectivity index (χ2n) is 5.47. The minimum absolute atomic E-state index is 0.205. The summed E-state index contributed by atoms with van der Waals surface area (Å²) in [7, 11) is 0. The van der Waals surface area contributed by atoms with Gasteiger partial charge >= 0.3 is 17.9 Å². The summed E-state index contributed by atoms with van der Waals surface area (Å²) in [6.07, 6.45) is 4.55. The smallest absolute Gasteiger partial charge is 0.398 e. The van der Waals surface area contributed by atoms with Crippen molar-refractivity contribution in [3.05, 3.63) is 0 Å². The number of rotatable bonds is 16. The first-order valence-electron chi connectivity index (χ1n) is 8.78. The van der Waals surface area contributed by atoms with Crippen LogP contribution in [0.15, 0.2) is 0 Å². The quantitative estimate of drug-likeness (QED) is 0.193. The van der Waals surface area contributed by atoms with Crippen molar-refractivity contribution in [1.29, 1.82) is 0 Å². The standard InChI is InChI=1S/C17H30O8/c1-4-7-10-23-17(24-11-8-5-2,25-12-9-6-3)16(21)22-13-14(18)15(19)20/h4-13H2,1-3H3,(H,19,20). The molecule has 0 saturated carbocycles. The number of hydrogen-bond acceptors (Lipinski definition) is 7. The molecule has 0 atom stereocenters. The largest absolute Gasteiger partial charge is 0.475 e. The number of carbonyl (C=O) groups is 3. The molecule has 0 aromatic heterocycles. The van der Waals surface area contributed by atoms with Crippen molar-refractivity contribution in [1.82, 2.24) is 0 Å². The van der Waals surface area contributed by atoms with Crippen LogP contribution in [0.2, 0.25) is 0 Å². The number of unbranched alkanes of at least 4 members (excludes halogenated alkanes) is 3. The van der Waals surface area contributed by atoms with Gasteiger partial charge in [0.1, 0.15) is 0 Å². The fourth-order valence-electron chi connectivity index (χ4n) is 1.64. The van der Waals surface area contributed by atoms with Crippen LogP contribution in [0.3, 0.4) is 0 Å². The maximum Gasteiger partial charge on any atom is 0.398 e. The summed E-state index contributed by atoms with van der Waals surface area (Å²) in [5.41, 5.74) is 0. The average molecular weight is 362 g/mol. The summed E-state index contributed by atoms with van der Waals surface area (Å²) in [6, 6.07) is 0. The van der Waals surface area contributed by atoms with Crippen molar-refractivity contribution in [3.63, 3.8) is 0 Å². The van der Waals surface area contributed by atoms with Gasteiger partial charge in [-0.3, -0.25) is 4.79 Å². The van der Waals surface area contributed by atoms with Crippen LogP contribution in [-0.2, 0) is 33.3 Å². The van der Waals surface area contributed by atoms with Crippen LogP contribution in [0.5, 0.6) is 0 Å². The van der Waals surface area contributed by atoms with Gasteiger partial charge in [-0.25, -0.2) is 9.59 Å². The molecule has 8 heteroatoms. The van der Waals surface area contributed by atoms with E-state index >= 15 is 0 Å². The van der Waals surface area contributed by atoms with Crippen LogP contribution in [0.1, 0.15) is 59.3 Å². The van der Waals surface area contributed by atoms with E-state index in [1.807, 2.05) is 20.8 Å². The van der Waals surface area contributed by atoms with Gasteiger partial charge in [-0.15, -0.1) is 0 Å². The Bertz CT molecular complexity index is 381. The predicted octanol–water partition coefficient (Wildman–Crippen LogP) is 2.29. The lowest BCUT2D eigenvalue weighted by molar-refractivity contribution is -0.364. The first-order chi connectivity index (χ1) is 11.9. The Balaban J connectivity index is 5.10. The Labute approximate surface area is 148 Å². The summed E-state index contributed by atoms with van der Waals surface area (Å²) >= 11 is 0. The van der Waals surface area contributed by atoms with Crippen molar-refractivity contribution < 1.29 is 38.4 Å². The topological polar surface area (TPSA) is 108 Å². The van der Waals surface area contributed by atoms with Crippen molar-refractivity contribution >= 4 is 17.7 Å². The summed E-state index contributed by atoms with van der Waals surface area (Å²) in [6.45, 7) is 5.60. The molecule has 0 aromatic carbocycles. The van der Waals surface area contributed by atoms with E-state index < -0.39 is 30.3 Å². The molecule has 0 saturated heterocycles. The van der Waals surface area contributed by atoms with Crippen LogP contribution < -0.4 is 0 Å². The lowest BCUT2D eigenvalue weighted by Gasteiger charge is -2.30. The number of ether oxygens (including phenoxy) is 4. The van der Waals surface area contributed by atoms with Crippen molar-refractivity contribution in [2.45, 2.75) is 65.3 Å². The highest BCUT2D eigenvalue weighted by Crippen LogP contribution is 2.20. The average Bonchev–Trinajstić information content (AvgIpc) is 2.59. The van der Waals surface area contributed by atoms with E-state index in [1.165, 1.54) is 0 Å². The van der Waals surface area contributed by atoms with Gasteiger partial charge in [-0.05, 0) is 19.3 Å². The van der Waals surface area contributed by atoms with Gasteiger partial charge in [-0.2, -0.15) is 0 Å². The van der Waals surface area contributed by atoms with Crippen molar-refractivity contribution in [2.24, 2.45) is 0 Å². The van der Waals surface area contributed by atoms with Crippen LogP contribution in [0.25, 0.3) is 0 Å². The Morgan fingerprint density at radius 1 is 0.800 bits per heavy atom. The normalized spacial score (nSPS) is 11.3. The minimum Gasteiger partial charge on any atom is -0.475 e. The van der Waals surface area contributed by atoms with Crippen LogP contribution in [-0.4, -0.2) is 55.2 Å². The lowest BCUT2D eigenvalue weighted by Crippen LogP contribution is -2.49. The monoisotopic (exact) mass is 362 g/mol. The zero-order chi connectivity index (χ0) is 19.1. The molecule has 0 unspecified atom stereocenters. The highest BCUT2D eigenvalue weighted by atomic mass is 16.9. The summed E-state index contributed by atoms with van der Waals surface area (Å²) in [5.74, 6) is -6.04. The summed E-state index contributed by atoms with van der Waals surface area (Å²) in [4.78, 5) is 34.1. The van der Waals surface area contributed by atoms with Gasteiger partial charge < -0.3 is 24.1 Å². The van der Waals surface area contributed by atoms with Gasteiger partial charge in [0.15, 0.2) is 6.61 Å². The molecule has 0 aliphatic heterocycles. The molecule has 0 aliphatic carbocycles. The first-order valence-corrected chi connectivity index (χ1v) is 8.78. The maximum atomic E-state index is 12.4. The third kappa shape index (κ3) is 9.52. The van der Waals surface area contributed by atoms with E-state index in [2.05, 4.69) is 0 Å². The van der Waals surface area contributed by atoms with E-state index in [4.69, 9.17) is 24.1 Å². The second kappa shape index (κ2) is 13.7. The van der Waals surface area contributed by atoms with E-state index in [0.717, 1.165) is 19.3 Å². The minimum atomic E-state index is -2.07. The molecule has 0 aliphatic rings. The van der Waals surface area contributed by atoms with Gasteiger partial charge in [0.05, 0.1) is 19.8 Å². The summed E-state index contributed by atoms with van der Waals surface area (Å²) in [5, 5.41) is 8.58. The number of carbonyl (C=O) groups excluding carboxylic acids is 2. The van der Waals surface area contributed by atoms with E-state index in [9.17, 15) is 14.4 Å². The van der Waals surface area contributed by atoms with E-state index in [0.29, 0.717) is 19.3 Å². The molecule has 0 amide bonds. The maximum absolute atomic E-state index is 12.4. The Morgan fingerprint density at radius 2 is 1.20 bits per heavy atom. The van der Waals surface area contributed by atoms with Gasteiger partial charge in [0.2, 0.25) is 0 Å². The molecule has 146 valence electrons. The van der Waals surface area contributed by atoms with Crippen molar-refractivity contribution in [3.8, 4) is 0 Å². The molecule has 0 fully saturated rings. The zero-order valence-corrected chi connectivity index (χ0v) is 15.4. The molecule has 25 heavy (non-hydrogen) atoms. The molecule has 0 radical (unpaired) electrons. The van der Waals surface area contributed by atoms with Crippen LogP contribution in [0.4, 0.5) is 0 Å². The fraction of sp³-hybridized carbons (Fsp3) is 0.824. The Kier molecular flexibility index (Phi) is 12.9. The van der Waals surface area contributed by atoms with E-state index in [1.54, 1.807) is 0 Å². The molecule has 0 aromatic rings. The third-order valence-electron chi connectivity index (χ3n) is 3.19. The SMILES string of the molecule is CCCCOC(OCCCC)(OCCCC)C(=O)OCC(=O)C(=O)O. The van der Waals surface area contributed by atoms with Gasteiger partial charge in [0.25, 0.3) is 5.78 Å². The lowest BCUT2D eigenvalue weighted by atomic mass is 10.3. The molecule has 1 N–H and O–H groups in total. The second-order valence-corrected chi connectivity index (χ2v) is 5.47. The molecule has 0 bridgehead atoms. The van der Waals surface area contributed by atoms with Gasteiger partial charge in [0, 0.05) is 0 Å². The molecule has 0 spiro atoms. The summed E-state index contributed by atoms with van der Waals surface area (Å²) < 4.78 is 21.4. The van der Waals surface area contributed by atoms with Gasteiger partial charge in [-0.1, -0.05) is 40.0 Å². The number of carboxylic acid groups (broad SMARTS) is 1. The molecule has 0 heterocycles. The van der Waals surface area contributed by atoms with Crippen molar-refractivity contribution in [2.75, 3.05) is 26.4 Å². The number of Topliss-reactive ketones (excluding diaryl/α,β-unsaturated/α-hetero) is 1. The Hall–Kier alpha value is -1.51. The highest BCUT2D eigenvalue weighted by molar-refractivity contribution is 6.33. The number of esters is 1. The molecule has 8 nitrogen and oxygen atoms in total. The van der Waals surface area contributed by atoms with Crippen LogP contribution in [0, 0.1) is 0 Å². The Morgan fingerprint density at radius 3 is 1.52 bits per heavy atom. The fourth-order valence-corrected chi connectivity index (χ4v) is 1.64. The number of ketones is 1.